The first-order chi connectivity index (χ1) is 9.13. The summed E-state index contributed by atoms with van der Waals surface area (Å²) in [5.41, 5.74) is 0.314. The third kappa shape index (κ3) is 2.96. The molecule has 98 valence electrons. The Morgan fingerprint density at radius 1 is 1.37 bits per heavy atom. The predicted octanol–water partition coefficient (Wildman–Crippen LogP) is 3.62. The van der Waals surface area contributed by atoms with Crippen LogP contribution in [-0.2, 0) is 6.42 Å². The smallest absolute Gasteiger partial charge is 0.226 e. The first-order valence-corrected chi connectivity index (χ1v) is 6.26. The zero-order valence-electron chi connectivity index (χ0n) is 9.66. The van der Waals surface area contributed by atoms with Gasteiger partial charge in [0.05, 0.1) is 10.5 Å². The van der Waals surface area contributed by atoms with E-state index < -0.39 is 11.6 Å². The van der Waals surface area contributed by atoms with Crippen LogP contribution in [0.15, 0.2) is 21.1 Å². The van der Waals surface area contributed by atoms with Gasteiger partial charge in [-0.3, -0.25) is 0 Å². The summed E-state index contributed by atoms with van der Waals surface area (Å²) in [5, 5.41) is 12.1. The normalized spacial score (nSPS) is 10.4. The van der Waals surface area contributed by atoms with Gasteiger partial charge in [-0.1, -0.05) is 5.16 Å². The van der Waals surface area contributed by atoms with E-state index in [-0.39, 0.29) is 10.3 Å². The molecule has 0 amide bonds. The molecule has 1 aromatic heterocycles. The molecule has 0 aliphatic rings. The summed E-state index contributed by atoms with van der Waals surface area (Å²) in [7, 11) is 0. The average Bonchev–Trinajstić information content (AvgIpc) is 2.85. The Balaban J connectivity index is 2.24. The Kier molecular flexibility index (Phi) is 4.22. The second-order valence-corrected chi connectivity index (χ2v) is 4.54. The molecular weight excluding hydrogens is 320 g/mol. The summed E-state index contributed by atoms with van der Waals surface area (Å²) in [5.74, 6) is -1.40. The Morgan fingerprint density at radius 2 is 2.16 bits per heavy atom. The molecule has 0 spiro atoms. The lowest BCUT2D eigenvalue weighted by molar-refractivity contribution is 0.376. The van der Waals surface area contributed by atoms with Gasteiger partial charge in [-0.25, -0.2) is 8.78 Å². The van der Waals surface area contributed by atoms with E-state index in [0.29, 0.717) is 30.7 Å². The maximum Gasteiger partial charge on any atom is 0.226 e. The molecule has 0 aliphatic heterocycles. The summed E-state index contributed by atoms with van der Waals surface area (Å²) < 4.78 is 31.3. The number of nitriles is 1. The van der Waals surface area contributed by atoms with Crippen LogP contribution in [-0.4, -0.2) is 10.1 Å². The van der Waals surface area contributed by atoms with E-state index in [1.165, 1.54) is 6.07 Å². The standard InChI is InChI=1S/C12H8BrF2N3O/c13-10-7(4-5-8(14)11(10)15)12-17-9(19-18-12)3-1-2-6-16/h4-5H,1-3H2. The number of halogens is 3. The van der Waals surface area contributed by atoms with Crippen molar-refractivity contribution in [2.45, 2.75) is 19.3 Å². The highest BCUT2D eigenvalue weighted by molar-refractivity contribution is 9.10. The van der Waals surface area contributed by atoms with Gasteiger partial charge in [0.2, 0.25) is 11.7 Å². The zero-order valence-corrected chi connectivity index (χ0v) is 11.2. The van der Waals surface area contributed by atoms with Crippen LogP contribution in [0.4, 0.5) is 8.78 Å². The monoisotopic (exact) mass is 327 g/mol. The van der Waals surface area contributed by atoms with Crippen LogP contribution in [0.2, 0.25) is 0 Å². The van der Waals surface area contributed by atoms with Crippen LogP contribution in [0, 0.1) is 23.0 Å². The van der Waals surface area contributed by atoms with Crippen molar-refractivity contribution in [1.29, 1.82) is 5.26 Å². The maximum atomic E-state index is 13.4. The van der Waals surface area contributed by atoms with E-state index in [2.05, 4.69) is 26.1 Å². The number of hydrogen-bond donors (Lipinski definition) is 0. The van der Waals surface area contributed by atoms with Gasteiger partial charge in [0.25, 0.3) is 0 Å². The molecule has 2 rings (SSSR count). The molecule has 1 heterocycles. The Hall–Kier alpha value is -1.81. The van der Waals surface area contributed by atoms with Gasteiger partial charge in [-0.2, -0.15) is 10.2 Å². The van der Waals surface area contributed by atoms with Crippen LogP contribution in [0.25, 0.3) is 11.4 Å². The molecule has 1 aromatic carbocycles. The fraction of sp³-hybridized carbons (Fsp3) is 0.250. The minimum atomic E-state index is -0.992. The predicted molar refractivity (Wildman–Crippen MR) is 65.9 cm³/mol. The lowest BCUT2D eigenvalue weighted by Gasteiger charge is -2.00. The molecule has 0 unspecified atom stereocenters. The van der Waals surface area contributed by atoms with Gasteiger partial charge in [-0.05, 0) is 34.5 Å². The molecule has 0 saturated carbocycles. The molecule has 0 saturated heterocycles. The van der Waals surface area contributed by atoms with Crippen molar-refractivity contribution in [3.63, 3.8) is 0 Å². The van der Waals surface area contributed by atoms with Crippen molar-refractivity contribution in [3.8, 4) is 17.5 Å². The lowest BCUT2D eigenvalue weighted by atomic mass is 10.2. The summed E-state index contributed by atoms with van der Waals surface area (Å²) in [6.07, 6.45) is 1.48. The van der Waals surface area contributed by atoms with E-state index in [9.17, 15) is 8.78 Å². The Morgan fingerprint density at radius 3 is 2.89 bits per heavy atom. The van der Waals surface area contributed by atoms with E-state index >= 15 is 0 Å². The van der Waals surface area contributed by atoms with Crippen molar-refractivity contribution in [3.05, 3.63) is 34.1 Å². The van der Waals surface area contributed by atoms with Gasteiger partial charge in [0.15, 0.2) is 11.6 Å². The van der Waals surface area contributed by atoms with Gasteiger partial charge in [0, 0.05) is 18.4 Å². The Bertz CT molecular complexity index is 636. The highest BCUT2D eigenvalue weighted by Gasteiger charge is 2.16. The van der Waals surface area contributed by atoms with Gasteiger partial charge in [-0.15, -0.1) is 0 Å². The van der Waals surface area contributed by atoms with Crippen LogP contribution >= 0.6 is 15.9 Å². The van der Waals surface area contributed by atoms with Crippen LogP contribution in [0.3, 0.4) is 0 Å². The third-order valence-electron chi connectivity index (χ3n) is 2.42. The van der Waals surface area contributed by atoms with Gasteiger partial charge >= 0.3 is 0 Å². The third-order valence-corrected chi connectivity index (χ3v) is 3.20. The number of unbranched alkanes of at least 4 members (excludes halogenated alkanes) is 1. The SMILES string of the molecule is N#CCCCc1nc(-c2ccc(F)c(F)c2Br)no1. The second-order valence-electron chi connectivity index (χ2n) is 3.75. The number of nitrogens with zero attached hydrogens (tertiary/aromatic N) is 3. The molecule has 0 radical (unpaired) electrons. The molecule has 0 atom stereocenters. The van der Waals surface area contributed by atoms with Crippen LogP contribution in [0.5, 0.6) is 0 Å². The first kappa shape index (κ1) is 13.6. The van der Waals surface area contributed by atoms with Gasteiger partial charge < -0.3 is 4.52 Å². The number of benzene rings is 1. The first-order valence-electron chi connectivity index (χ1n) is 5.47. The minimum absolute atomic E-state index is 0.0446. The molecule has 7 heteroatoms. The van der Waals surface area contributed by atoms with E-state index in [1.807, 2.05) is 6.07 Å². The van der Waals surface area contributed by atoms with Crippen LogP contribution < -0.4 is 0 Å². The van der Waals surface area contributed by atoms with Crippen molar-refractivity contribution in [2.24, 2.45) is 0 Å². The minimum Gasteiger partial charge on any atom is -0.339 e. The van der Waals surface area contributed by atoms with Gasteiger partial charge in [0.1, 0.15) is 0 Å². The molecule has 0 aliphatic carbocycles. The number of aromatic nitrogens is 2. The van der Waals surface area contributed by atoms with E-state index in [1.54, 1.807) is 0 Å². The summed E-state index contributed by atoms with van der Waals surface area (Å²) >= 11 is 2.96. The summed E-state index contributed by atoms with van der Waals surface area (Å²) in [6, 6.07) is 4.38. The second kappa shape index (κ2) is 5.89. The van der Waals surface area contributed by atoms with Crippen LogP contribution in [0.1, 0.15) is 18.7 Å². The highest BCUT2D eigenvalue weighted by atomic mass is 79.9. The quantitative estimate of drug-likeness (QED) is 0.635. The van der Waals surface area contributed by atoms with Crippen molar-refractivity contribution < 1.29 is 13.3 Å². The van der Waals surface area contributed by atoms with Crippen molar-refractivity contribution in [2.75, 3.05) is 0 Å². The molecule has 2 aromatic rings. The molecule has 0 fully saturated rings. The van der Waals surface area contributed by atoms with Crippen molar-refractivity contribution >= 4 is 15.9 Å². The Labute approximate surface area is 116 Å². The highest BCUT2D eigenvalue weighted by Crippen LogP contribution is 2.30. The largest absolute Gasteiger partial charge is 0.339 e. The number of aryl methyl sites for hydroxylation is 1. The molecular formula is C12H8BrF2N3O. The number of hydrogen-bond acceptors (Lipinski definition) is 4. The van der Waals surface area contributed by atoms with Crippen molar-refractivity contribution in [1.82, 2.24) is 10.1 Å². The van der Waals surface area contributed by atoms with E-state index in [4.69, 9.17) is 9.78 Å². The summed E-state index contributed by atoms with van der Waals surface area (Å²) in [6.45, 7) is 0. The summed E-state index contributed by atoms with van der Waals surface area (Å²) in [4.78, 5) is 4.08. The zero-order chi connectivity index (χ0) is 13.8. The maximum absolute atomic E-state index is 13.4. The topological polar surface area (TPSA) is 62.7 Å². The molecule has 19 heavy (non-hydrogen) atoms. The number of rotatable bonds is 4. The molecule has 0 N–H and O–H groups in total. The fourth-order valence-corrected chi connectivity index (χ4v) is 1.98. The van der Waals surface area contributed by atoms with E-state index in [0.717, 1.165) is 6.07 Å². The average molecular weight is 328 g/mol. The molecule has 0 bridgehead atoms. The fourth-order valence-electron chi connectivity index (χ4n) is 1.48. The lowest BCUT2D eigenvalue weighted by Crippen LogP contribution is -1.91. The molecule has 4 nitrogen and oxygen atoms in total.